The summed E-state index contributed by atoms with van der Waals surface area (Å²) in [5.41, 5.74) is 21.7. The van der Waals surface area contributed by atoms with Crippen molar-refractivity contribution in [2.45, 2.75) is 0 Å². The average molecular weight is 484 g/mol. The highest BCUT2D eigenvalue weighted by Crippen LogP contribution is 2.26. The number of nitrogen functional groups attached to an aromatic ring is 2. The Labute approximate surface area is 201 Å². The van der Waals surface area contributed by atoms with Crippen molar-refractivity contribution in [1.29, 1.82) is 0 Å². The van der Waals surface area contributed by atoms with Gasteiger partial charge in [-0.15, -0.1) is 0 Å². The summed E-state index contributed by atoms with van der Waals surface area (Å²) in [7, 11) is 0. The number of hydrogen-bond acceptors (Lipinski definition) is 6. The number of H-pyrrole nitrogens is 2. The first-order chi connectivity index (χ1) is 17.2. The predicted octanol–water partition coefficient (Wildman–Crippen LogP) is 0.875. The van der Waals surface area contributed by atoms with E-state index in [1.165, 1.54) is 9.36 Å². The SMILES string of the molecule is NC(=O)c1c(N)n(-c2ccccc2)[nH]c2c(=O)c3c(C(N)=O)c(N)n(-c4ccccc4)[nH]c3c(=O)c12. The summed E-state index contributed by atoms with van der Waals surface area (Å²) < 4.78 is 2.50. The molecule has 10 N–H and O–H groups in total. The molecule has 2 amide bonds. The maximum Gasteiger partial charge on any atom is 0.253 e. The zero-order valence-electron chi connectivity index (χ0n) is 18.6. The van der Waals surface area contributed by atoms with E-state index in [1.807, 2.05) is 0 Å². The van der Waals surface area contributed by atoms with Crippen LogP contribution in [0.2, 0.25) is 0 Å². The van der Waals surface area contributed by atoms with Crippen molar-refractivity contribution in [2.75, 3.05) is 11.5 Å². The topological polar surface area (TPSA) is 214 Å². The largest absolute Gasteiger partial charge is 0.383 e. The second kappa shape index (κ2) is 8.06. The third-order valence-corrected chi connectivity index (χ3v) is 5.87. The summed E-state index contributed by atoms with van der Waals surface area (Å²) in [6.07, 6.45) is 0. The van der Waals surface area contributed by atoms with E-state index in [2.05, 4.69) is 10.2 Å². The van der Waals surface area contributed by atoms with Gasteiger partial charge >= 0.3 is 0 Å². The van der Waals surface area contributed by atoms with Gasteiger partial charge in [0, 0.05) is 0 Å². The van der Waals surface area contributed by atoms with Gasteiger partial charge < -0.3 is 22.9 Å². The number of anilines is 2. The second-order valence-corrected chi connectivity index (χ2v) is 7.97. The first-order valence-corrected chi connectivity index (χ1v) is 10.6. The molecule has 0 unspecified atom stereocenters. The Morgan fingerprint density at radius 2 is 0.944 bits per heavy atom. The number of fused-ring (bicyclic) bond motifs is 2. The van der Waals surface area contributed by atoms with E-state index in [4.69, 9.17) is 22.9 Å². The number of nitrogens with one attached hydrogen (secondary N) is 2. The van der Waals surface area contributed by atoms with E-state index < -0.39 is 22.7 Å². The molecule has 3 aromatic carbocycles. The number of aromatic nitrogens is 4. The molecule has 0 saturated carbocycles. The maximum atomic E-state index is 13.8. The normalized spacial score (nSPS) is 11.1. The van der Waals surface area contributed by atoms with Gasteiger partial charge in [-0.3, -0.25) is 29.4 Å². The number of rotatable bonds is 4. The van der Waals surface area contributed by atoms with Crippen molar-refractivity contribution in [1.82, 2.24) is 19.6 Å². The first-order valence-electron chi connectivity index (χ1n) is 10.6. The number of nitrogens with zero attached hydrogens (tertiary/aromatic N) is 2. The van der Waals surface area contributed by atoms with Gasteiger partial charge in [-0.05, 0) is 24.3 Å². The molecule has 0 aliphatic rings. The van der Waals surface area contributed by atoms with Gasteiger partial charge in [0.1, 0.15) is 22.7 Å². The lowest BCUT2D eigenvalue weighted by Crippen LogP contribution is -2.29. The van der Waals surface area contributed by atoms with Crippen molar-refractivity contribution in [2.24, 2.45) is 11.5 Å². The molecule has 0 radical (unpaired) electrons. The molecule has 0 atom stereocenters. The molecule has 0 aliphatic heterocycles. The van der Waals surface area contributed by atoms with Crippen LogP contribution in [0.4, 0.5) is 11.6 Å². The number of benzene rings is 3. The summed E-state index contributed by atoms with van der Waals surface area (Å²) in [4.78, 5) is 52.5. The van der Waals surface area contributed by atoms with E-state index in [0.717, 1.165) is 0 Å². The minimum atomic E-state index is -1.02. The van der Waals surface area contributed by atoms with Crippen LogP contribution in [0.5, 0.6) is 0 Å². The highest BCUT2D eigenvalue weighted by molar-refractivity contribution is 6.15. The Bertz CT molecular complexity index is 1710. The third-order valence-electron chi connectivity index (χ3n) is 5.87. The zero-order valence-corrected chi connectivity index (χ0v) is 18.6. The fourth-order valence-corrected chi connectivity index (χ4v) is 4.28. The molecular weight excluding hydrogens is 464 g/mol. The number of amides is 2. The molecule has 180 valence electrons. The number of carbonyl (C=O) groups is 2. The van der Waals surface area contributed by atoms with E-state index in [9.17, 15) is 19.2 Å². The van der Waals surface area contributed by atoms with Crippen LogP contribution in [0, 0.1) is 0 Å². The van der Waals surface area contributed by atoms with Crippen molar-refractivity contribution in [3.63, 3.8) is 0 Å². The van der Waals surface area contributed by atoms with E-state index in [1.54, 1.807) is 60.7 Å². The standard InChI is InChI=1S/C24H20N8O4/c25-21-15(23(27)35)13-17(29-31(21)11-7-3-1-4-8-11)19(33)14-16(24(28)36)22(26)32(30-18(14)20(13)34)12-9-5-2-6-10-12/h1-10,29-30H,25-26H2,(H2,27,35)(H2,28,36). The molecule has 12 nitrogen and oxygen atoms in total. The van der Waals surface area contributed by atoms with Gasteiger partial charge in [-0.1, -0.05) is 36.4 Å². The maximum absolute atomic E-state index is 13.8. The lowest BCUT2D eigenvalue weighted by atomic mass is 10.0. The Morgan fingerprint density at radius 1 is 0.611 bits per heavy atom. The lowest BCUT2D eigenvalue weighted by Gasteiger charge is -2.19. The van der Waals surface area contributed by atoms with E-state index in [0.29, 0.717) is 11.4 Å². The van der Waals surface area contributed by atoms with Crippen LogP contribution in [0.15, 0.2) is 70.3 Å². The number of aromatic amines is 2. The number of primary amides is 2. The minimum Gasteiger partial charge on any atom is -0.383 e. The monoisotopic (exact) mass is 484 g/mol. The van der Waals surface area contributed by atoms with Gasteiger partial charge in [0.2, 0.25) is 10.9 Å². The smallest absolute Gasteiger partial charge is 0.253 e. The Kier molecular flexibility index (Phi) is 4.99. The Hall–Kier alpha value is -5.52. The molecule has 0 saturated heterocycles. The van der Waals surface area contributed by atoms with Crippen LogP contribution in [-0.4, -0.2) is 31.4 Å². The van der Waals surface area contributed by atoms with Gasteiger partial charge in [0.05, 0.1) is 33.3 Å². The molecular formula is C24H20N8O4. The summed E-state index contributed by atoms with van der Waals surface area (Å²) >= 11 is 0. The van der Waals surface area contributed by atoms with Crippen LogP contribution in [-0.2, 0) is 0 Å². The summed E-state index contributed by atoms with van der Waals surface area (Å²) in [6.45, 7) is 0. The van der Waals surface area contributed by atoms with Crippen LogP contribution >= 0.6 is 0 Å². The van der Waals surface area contributed by atoms with E-state index >= 15 is 0 Å². The molecule has 12 heteroatoms. The molecule has 0 spiro atoms. The van der Waals surface area contributed by atoms with Gasteiger partial charge in [0.25, 0.3) is 11.8 Å². The highest BCUT2D eigenvalue weighted by atomic mass is 16.2. The van der Waals surface area contributed by atoms with Crippen LogP contribution < -0.4 is 33.8 Å². The van der Waals surface area contributed by atoms with Gasteiger partial charge in [0.15, 0.2) is 0 Å². The molecule has 0 aliphatic carbocycles. The summed E-state index contributed by atoms with van der Waals surface area (Å²) in [5, 5.41) is 4.93. The number of nitrogens with two attached hydrogens (primary N) is 4. The number of hydrogen-bond donors (Lipinski definition) is 6. The third kappa shape index (κ3) is 3.16. The molecule has 0 fully saturated rings. The number of para-hydroxylation sites is 2. The first kappa shape index (κ1) is 22.3. The zero-order chi connectivity index (χ0) is 25.7. The minimum absolute atomic E-state index is 0.182. The molecule has 0 bridgehead atoms. The van der Waals surface area contributed by atoms with Crippen LogP contribution in [0.25, 0.3) is 33.2 Å². The summed E-state index contributed by atoms with van der Waals surface area (Å²) in [5.74, 6) is -2.40. The lowest BCUT2D eigenvalue weighted by molar-refractivity contribution is 0.0993. The molecule has 2 aromatic heterocycles. The predicted molar refractivity (Wildman–Crippen MR) is 136 cm³/mol. The Morgan fingerprint density at radius 3 is 1.25 bits per heavy atom. The molecule has 5 aromatic rings. The van der Waals surface area contributed by atoms with Crippen LogP contribution in [0.3, 0.4) is 0 Å². The van der Waals surface area contributed by atoms with Crippen molar-refractivity contribution >= 4 is 45.3 Å². The number of carbonyl (C=O) groups excluding carboxylic acids is 2. The van der Waals surface area contributed by atoms with Crippen molar-refractivity contribution < 1.29 is 9.59 Å². The fraction of sp³-hybridized carbons (Fsp3) is 0. The van der Waals surface area contributed by atoms with E-state index in [-0.39, 0.29) is 44.6 Å². The Balaban J connectivity index is 2.05. The summed E-state index contributed by atoms with van der Waals surface area (Å²) in [6, 6.07) is 17.0. The molecule has 36 heavy (non-hydrogen) atoms. The molecule has 2 heterocycles. The van der Waals surface area contributed by atoms with Gasteiger partial charge in [-0.25, -0.2) is 9.36 Å². The average Bonchev–Trinajstić information content (AvgIpc) is 2.87. The molecule has 5 rings (SSSR count). The fourth-order valence-electron chi connectivity index (χ4n) is 4.28. The van der Waals surface area contributed by atoms with Crippen LogP contribution in [0.1, 0.15) is 20.7 Å². The van der Waals surface area contributed by atoms with Crippen molar-refractivity contribution in [3.05, 3.63) is 92.2 Å². The highest BCUT2D eigenvalue weighted by Gasteiger charge is 2.27. The van der Waals surface area contributed by atoms with Gasteiger partial charge in [-0.2, -0.15) is 0 Å². The quantitative estimate of drug-likeness (QED) is 0.203. The van der Waals surface area contributed by atoms with Crippen molar-refractivity contribution in [3.8, 4) is 11.4 Å². The second-order valence-electron chi connectivity index (χ2n) is 7.97.